The summed E-state index contributed by atoms with van der Waals surface area (Å²) in [5, 5.41) is 8.54. The number of hydrogen-bond acceptors (Lipinski definition) is 2. The van der Waals surface area contributed by atoms with Crippen molar-refractivity contribution in [3.8, 4) is 6.07 Å². The first kappa shape index (κ1) is 9.48. The van der Waals surface area contributed by atoms with Crippen LogP contribution in [0.2, 0.25) is 0 Å². The van der Waals surface area contributed by atoms with E-state index in [1.807, 2.05) is 11.9 Å². The highest BCUT2D eigenvalue weighted by atomic mass is 35.5. The highest BCUT2D eigenvalue weighted by molar-refractivity contribution is 5.85. The summed E-state index contributed by atoms with van der Waals surface area (Å²) in [6.45, 7) is 0.915. The molecule has 0 aliphatic carbocycles. The Kier molecular flexibility index (Phi) is 4.10. The van der Waals surface area contributed by atoms with E-state index >= 15 is 0 Å². The predicted octanol–water partition coefficient (Wildman–Crippen LogP) is 1.19. The summed E-state index contributed by atoms with van der Waals surface area (Å²) in [5.74, 6) is 0. The molecule has 1 heterocycles. The van der Waals surface area contributed by atoms with Crippen LogP contribution in [-0.4, -0.2) is 24.5 Å². The minimum Gasteiger partial charge on any atom is -0.287 e. The largest absolute Gasteiger partial charge is 0.287 e. The molecule has 0 spiro atoms. The maximum absolute atomic E-state index is 8.54. The minimum atomic E-state index is 0. The number of rotatable bonds is 0. The van der Waals surface area contributed by atoms with Crippen LogP contribution in [0.4, 0.5) is 0 Å². The highest BCUT2D eigenvalue weighted by Gasteiger charge is 2.12. The molecule has 10 heavy (non-hydrogen) atoms. The van der Waals surface area contributed by atoms with E-state index in [-0.39, 0.29) is 18.4 Å². The van der Waals surface area contributed by atoms with E-state index in [1.165, 1.54) is 0 Å². The van der Waals surface area contributed by atoms with Crippen LogP contribution in [0.15, 0.2) is 12.2 Å². The summed E-state index contributed by atoms with van der Waals surface area (Å²) in [6, 6.07) is 2.33. The molecule has 1 rings (SSSR count). The van der Waals surface area contributed by atoms with Crippen LogP contribution in [0.25, 0.3) is 0 Å². The Bertz CT molecular complexity index is 159. The fourth-order valence-corrected chi connectivity index (χ4v) is 0.924. The van der Waals surface area contributed by atoms with Crippen molar-refractivity contribution in [2.75, 3.05) is 13.6 Å². The van der Waals surface area contributed by atoms with Gasteiger partial charge in [-0.3, -0.25) is 4.90 Å². The van der Waals surface area contributed by atoms with Gasteiger partial charge in [-0.1, -0.05) is 12.2 Å². The third-order valence-corrected chi connectivity index (χ3v) is 1.60. The Morgan fingerprint density at radius 3 is 2.70 bits per heavy atom. The van der Waals surface area contributed by atoms with E-state index in [1.54, 1.807) is 0 Å². The van der Waals surface area contributed by atoms with Gasteiger partial charge < -0.3 is 0 Å². The quantitative estimate of drug-likeness (QED) is 0.496. The van der Waals surface area contributed by atoms with Gasteiger partial charge in [0.1, 0.15) is 6.04 Å². The molecule has 1 unspecified atom stereocenters. The molecule has 0 saturated heterocycles. The van der Waals surface area contributed by atoms with Crippen LogP contribution >= 0.6 is 12.4 Å². The van der Waals surface area contributed by atoms with Crippen molar-refractivity contribution >= 4 is 12.4 Å². The van der Waals surface area contributed by atoms with Gasteiger partial charge in [0.05, 0.1) is 6.07 Å². The van der Waals surface area contributed by atoms with Crippen molar-refractivity contribution < 1.29 is 0 Å². The lowest BCUT2D eigenvalue weighted by atomic mass is 10.1. The first-order chi connectivity index (χ1) is 4.34. The van der Waals surface area contributed by atoms with Crippen molar-refractivity contribution in [3.63, 3.8) is 0 Å². The van der Waals surface area contributed by atoms with Crippen LogP contribution in [-0.2, 0) is 0 Å². The molecule has 0 N–H and O–H groups in total. The molecule has 0 bridgehead atoms. The molecule has 1 aliphatic rings. The van der Waals surface area contributed by atoms with Gasteiger partial charge in [0.15, 0.2) is 0 Å². The lowest BCUT2D eigenvalue weighted by molar-refractivity contribution is 0.307. The van der Waals surface area contributed by atoms with Crippen LogP contribution in [0.5, 0.6) is 0 Å². The van der Waals surface area contributed by atoms with Crippen molar-refractivity contribution in [1.82, 2.24) is 4.90 Å². The second-order valence-electron chi connectivity index (χ2n) is 2.29. The smallest absolute Gasteiger partial charge is 0.101 e. The molecule has 0 aromatic heterocycles. The molecule has 56 valence electrons. The van der Waals surface area contributed by atoms with E-state index < -0.39 is 0 Å². The highest BCUT2D eigenvalue weighted by Crippen LogP contribution is 2.06. The van der Waals surface area contributed by atoms with E-state index in [9.17, 15) is 0 Å². The monoisotopic (exact) mass is 158 g/mol. The van der Waals surface area contributed by atoms with Gasteiger partial charge in [0.25, 0.3) is 0 Å². The van der Waals surface area contributed by atoms with E-state index in [4.69, 9.17) is 5.26 Å². The molecule has 0 amide bonds. The normalized spacial score (nSPS) is 25.0. The molecule has 0 aromatic carbocycles. The zero-order chi connectivity index (χ0) is 6.69. The standard InChI is InChI=1S/C7H10N2.ClH/c1-9-5-3-2-4-7(9)6-8;/h2-3,7H,4-5H2,1H3;1H. The third kappa shape index (κ3) is 2.02. The number of halogens is 1. The zero-order valence-corrected chi connectivity index (χ0v) is 6.77. The van der Waals surface area contributed by atoms with Gasteiger partial charge in [-0.2, -0.15) is 5.26 Å². The van der Waals surface area contributed by atoms with E-state index in [0.717, 1.165) is 13.0 Å². The maximum Gasteiger partial charge on any atom is 0.101 e. The van der Waals surface area contributed by atoms with E-state index in [0.29, 0.717) is 0 Å². The molecular formula is C7H11ClN2. The molecule has 0 fully saturated rings. The van der Waals surface area contributed by atoms with Crippen molar-refractivity contribution in [2.24, 2.45) is 0 Å². The molecule has 0 radical (unpaired) electrons. The van der Waals surface area contributed by atoms with Gasteiger partial charge in [0.2, 0.25) is 0 Å². The lowest BCUT2D eigenvalue weighted by Gasteiger charge is -2.22. The summed E-state index contributed by atoms with van der Waals surface area (Å²) < 4.78 is 0. The second kappa shape index (κ2) is 4.32. The van der Waals surface area contributed by atoms with Crippen LogP contribution < -0.4 is 0 Å². The second-order valence-corrected chi connectivity index (χ2v) is 2.29. The lowest BCUT2D eigenvalue weighted by Crippen LogP contribution is -2.32. The maximum atomic E-state index is 8.54. The zero-order valence-electron chi connectivity index (χ0n) is 5.95. The molecule has 3 heteroatoms. The SMILES string of the molecule is CN1CC=CCC1C#N.Cl. The van der Waals surface area contributed by atoms with Gasteiger partial charge >= 0.3 is 0 Å². The number of nitriles is 1. The summed E-state index contributed by atoms with van der Waals surface area (Å²) in [4.78, 5) is 2.04. The Morgan fingerprint density at radius 1 is 1.60 bits per heavy atom. The van der Waals surface area contributed by atoms with E-state index in [2.05, 4.69) is 18.2 Å². The van der Waals surface area contributed by atoms with Gasteiger partial charge in [0, 0.05) is 6.54 Å². The van der Waals surface area contributed by atoms with Crippen molar-refractivity contribution in [2.45, 2.75) is 12.5 Å². The number of hydrogen-bond donors (Lipinski definition) is 0. The van der Waals surface area contributed by atoms with Gasteiger partial charge in [-0.25, -0.2) is 0 Å². The number of likely N-dealkylation sites (N-methyl/N-ethyl adjacent to an activating group) is 1. The van der Waals surface area contributed by atoms with Crippen LogP contribution in [0.1, 0.15) is 6.42 Å². The summed E-state index contributed by atoms with van der Waals surface area (Å²) in [6.07, 6.45) is 5.04. The molecular weight excluding hydrogens is 148 g/mol. The third-order valence-electron chi connectivity index (χ3n) is 1.60. The molecule has 1 atom stereocenters. The Hall–Kier alpha value is -0.520. The fourth-order valence-electron chi connectivity index (χ4n) is 0.924. The summed E-state index contributed by atoms with van der Waals surface area (Å²) >= 11 is 0. The van der Waals surface area contributed by atoms with Gasteiger partial charge in [-0.05, 0) is 13.5 Å². The number of nitrogens with zero attached hydrogens (tertiary/aromatic N) is 2. The molecule has 0 saturated carbocycles. The van der Waals surface area contributed by atoms with Crippen molar-refractivity contribution in [1.29, 1.82) is 5.26 Å². The Labute approximate surface area is 67.5 Å². The molecule has 2 nitrogen and oxygen atoms in total. The Balaban J connectivity index is 0.000000810. The molecule has 1 aliphatic heterocycles. The minimum absolute atomic E-state index is 0. The average Bonchev–Trinajstić information content (AvgIpc) is 1.89. The first-order valence-electron chi connectivity index (χ1n) is 3.09. The summed E-state index contributed by atoms with van der Waals surface area (Å²) in [7, 11) is 1.97. The van der Waals surface area contributed by atoms with Gasteiger partial charge in [-0.15, -0.1) is 12.4 Å². The topological polar surface area (TPSA) is 27.0 Å². The van der Waals surface area contributed by atoms with Crippen molar-refractivity contribution in [3.05, 3.63) is 12.2 Å². The predicted molar refractivity (Wildman–Crippen MR) is 43.0 cm³/mol. The summed E-state index contributed by atoms with van der Waals surface area (Å²) in [5.41, 5.74) is 0. The Morgan fingerprint density at radius 2 is 2.30 bits per heavy atom. The van der Waals surface area contributed by atoms with Crippen LogP contribution in [0.3, 0.4) is 0 Å². The van der Waals surface area contributed by atoms with Crippen LogP contribution in [0, 0.1) is 11.3 Å². The fraction of sp³-hybridized carbons (Fsp3) is 0.571. The molecule has 0 aromatic rings. The average molecular weight is 159 g/mol. The first-order valence-corrected chi connectivity index (χ1v) is 3.09.